The molecule has 0 aliphatic rings. The van der Waals surface area contributed by atoms with Crippen LogP contribution in [-0.2, 0) is 4.74 Å². The molecule has 7 rings (SSSR count). The van der Waals surface area contributed by atoms with Crippen LogP contribution in [0.2, 0.25) is 0 Å². The molecule has 39 heavy (non-hydrogen) atoms. The number of methoxy groups -OCH3 is 1. The van der Waals surface area contributed by atoms with Crippen molar-refractivity contribution in [2.24, 2.45) is 0 Å². The molecule has 0 saturated carbocycles. The van der Waals surface area contributed by atoms with Crippen molar-refractivity contribution in [3.63, 3.8) is 0 Å². The SMILES string of the molecule is COCOc1c(-n2cnc3ccccc32)cc2ccccc2c1-c1c(-c2ccccc2)ccc2ccccc12. The van der Waals surface area contributed by atoms with E-state index in [2.05, 4.69) is 108 Å². The number of aromatic nitrogens is 2. The largest absolute Gasteiger partial charge is 0.465 e. The van der Waals surface area contributed by atoms with Gasteiger partial charge in [-0.05, 0) is 50.9 Å². The molecule has 1 aromatic heterocycles. The molecular weight excluding hydrogens is 480 g/mol. The molecular formula is C35H26N2O2. The number of nitrogens with zero attached hydrogens (tertiary/aromatic N) is 2. The second kappa shape index (κ2) is 9.75. The third kappa shape index (κ3) is 3.94. The summed E-state index contributed by atoms with van der Waals surface area (Å²) in [5.41, 5.74) is 7.33. The summed E-state index contributed by atoms with van der Waals surface area (Å²) in [5, 5.41) is 4.58. The van der Waals surface area contributed by atoms with E-state index in [0.717, 1.165) is 55.5 Å². The van der Waals surface area contributed by atoms with Gasteiger partial charge in [-0.1, -0.05) is 103 Å². The van der Waals surface area contributed by atoms with Crippen molar-refractivity contribution >= 4 is 32.6 Å². The third-order valence-electron chi connectivity index (χ3n) is 7.28. The minimum atomic E-state index is 0.121. The van der Waals surface area contributed by atoms with Crippen LogP contribution in [0.3, 0.4) is 0 Å². The van der Waals surface area contributed by atoms with E-state index in [0.29, 0.717) is 0 Å². The maximum Gasteiger partial charge on any atom is 0.188 e. The van der Waals surface area contributed by atoms with Crippen molar-refractivity contribution in [1.82, 2.24) is 9.55 Å². The van der Waals surface area contributed by atoms with Crippen LogP contribution in [0.5, 0.6) is 5.75 Å². The van der Waals surface area contributed by atoms with Crippen LogP contribution >= 0.6 is 0 Å². The summed E-state index contributed by atoms with van der Waals surface area (Å²) in [4.78, 5) is 4.69. The topological polar surface area (TPSA) is 36.3 Å². The van der Waals surface area contributed by atoms with Crippen molar-refractivity contribution in [2.45, 2.75) is 0 Å². The summed E-state index contributed by atoms with van der Waals surface area (Å²) in [6.45, 7) is 0.121. The number of rotatable bonds is 6. The van der Waals surface area contributed by atoms with Gasteiger partial charge in [0.05, 0.1) is 16.7 Å². The van der Waals surface area contributed by atoms with E-state index in [1.807, 2.05) is 24.5 Å². The summed E-state index contributed by atoms with van der Waals surface area (Å²) in [6, 6.07) is 42.4. The summed E-state index contributed by atoms with van der Waals surface area (Å²) in [6.07, 6.45) is 1.87. The van der Waals surface area contributed by atoms with Gasteiger partial charge in [-0.2, -0.15) is 0 Å². The van der Waals surface area contributed by atoms with Gasteiger partial charge in [-0.15, -0.1) is 0 Å². The van der Waals surface area contributed by atoms with E-state index in [9.17, 15) is 0 Å². The van der Waals surface area contributed by atoms with Gasteiger partial charge in [0.15, 0.2) is 12.5 Å². The zero-order valence-corrected chi connectivity index (χ0v) is 21.5. The van der Waals surface area contributed by atoms with Crippen LogP contribution in [0.4, 0.5) is 0 Å². The Morgan fingerprint density at radius 1 is 0.667 bits per heavy atom. The monoisotopic (exact) mass is 506 g/mol. The Morgan fingerprint density at radius 3 is 2.18 bits per heavy atom. The molecule has 0 spiro atoms. The van der Waals surface area contributed by atoms with E-state index in [1.165, 1.54) is 10.8 Å². The summed E-state index contributed by atoms with van der Waals surface area (Å²) < 4.78 is 14.1. The number of hydrogen-bond acceptors (Lipinski definition) is 3. The average Bonchev–Trinajstić information content (AvgIpc) is 3.43. The Balaban J connectivity index is 1.67. The molecule has 188 valence electrons. The zero-order valence-electron chi connectivity index (χ0n) is 21.5. The first-order valence-electron chi connectivity index (χ1n) is 13.0. The Hall–Kier alpha value is -4.93. The lowest BCUT2D eigenvalue weighted by molar-refractivity contribution is 0.0516. The van der Waals surface area contributed by atoms with Gasteiger partial charge in [0, 0.05) is 18.2 Å². The Bertz CT molecular complexity index is 1960. The lowest BCUT2D eigenvalue weighted by Crippen LogP contribution is -2.06. The fourth-order valence-corrected chi connectivity index (χ4v) is 5.56. The first kappa shape index (κ1) is 23.2. The first-order chi connectivity index (χ1) is 19.3. The Labute approximate surface area is 226 Å². The standard InChI is InChI=1S/C35H26N2O2/c1-38-23-39-35-32(37-22-36-30-17-9-10-18-31(30)37)21-26-14-6-8-16-28(26)34(35)33-27-15-7-5-13-25(27)19-20-29(33)24-11-3-2-4-12-24/h2-22H,23H2,1H3. The number of imidazole rings is 1. The number of fused-ring (bicyclic) bond motifs is 3. The van der Waals surface area contributed by atoms with Crippen LogP contribution in [0, 0.1) is 0 Å². The minimum absolute atomic E-state index is 0.121. The number of benzene rings is 6. The average molecular weight is 507 g/mol. The summed E-state index contributed by atoms with van der Waals surface area (Å²) in [5.74, 6) is 0.757. The Morgan fingerprint density at radius 2 is 1.36 bits per heavy atom. The molecule has 1 heterocycles. The van der Waals surface area contributed by atoms with Gasteiger partial charge in [-0.25, -0.2) is 4.98 Å². The predicted octanol–water partition coefficient (Wildman–Crippen LogP) is 8.65. The van der Waals surface area contributed by atoms with Crippen molar-refractivity contribution < 1.29 is 9.47 Å². The van der Waals surface area contributed by atoms with Crippen LogP contribution in [0.25, 0.3) is 60.5 Å². The maximum absolute atomic E-state index is 6.52. The van der Waals surface area contributed by atoms with E-state index in [4.69, 9.17) is 14.5 Å². The molecule has 4 nitrogen and oxygen atoms in total. The fourth-order valence-electron chi connectivity index (χ4n) is 5.56. The molecule has 4 heteroatoms. The van der Waals surface area contributed by atoms with Crippen molar-refractivity contribution in [3.8, 4) is 33.7 Å². The smallest absolute Gasteiger partial charge is 0.188 e. The van der Waals surface area contributed by atoms with Crippen molar-refractivity contribution in [3.05, 3.63) is 128 Å². The van der Waals surface area contributed by atoms with E-state index in [1.54, 1.807) is 7.11 Å². The molecule has 0 N–H and O–H groups in total. The lowest BCUT2D eigenvalue weighted by Gasteiger charge is -2.22. The molecule has 0 saturated heterocycles. The van der Waals surface area contributed by atoms with E-state index in [-0.39, 0.29) is 6.79 Å². The van der Waals surface area contributed by atoms with Gasteiger partial charge in [0.2, 0.25) is 0 Å². The Kier molecular flexibility index (Phi) is 5.80. The van der Waals surface area contributed by atoms with Gasteiger partial charge in [0.25, 0.3) is 0 Å². The van der Waals surface area contributed by atoms with Crippen molar-refractivity contribution in [2.75, 3.05) is 13.9 Å². The quantitative estimate of drug-likeness (QED) is 0.212. The highest BCUT2D eigenvalue weighted by atomic mass is 16.7. The molecule has 0 unspecified atom stereocenters. The highest BCUT2D eigenvalue weighted by Gasteiger charge is 2.23. The fraction of sp³-hybridized carbons (Fsp3) is 0.0571. The van der Waals surface area contributed by atoms with Crippen molar-refractivity contribution in [1.29, 1.82) is 0 Å². The highest BCUT2D eigenvalue weighted by Crippen LogP contribution is 2.48. The molecule has 0 fully saturated rings. The molecule has 0 amide bonds. The normalized spacial score (nSPS) is 11.4. The van der Waals surface area contributed by atoms with Gasteiger partial charge >= 0.3 is 0 Å². The lowest BCUT2D eigenvalue weighted by atomic mass is 9.86. The second-order valence-corrected chi connectivity index (χ2v) is 9.55. The van der Waals surface area contributed by atoms with E-state index >= 15 is 0 Å². The number of ether oxygens (including phenoxy) is 2. The predicted molar refractivity (Wildman–Crippen MR) is 159 cm³/mol. The van der Waals surface area contributed by atoms with E-state index < -0.39 is 0 Å². The van der Waals surface area contributed by atoms with Gasteiger partial charge in [-0.3, -0.25) is 4.57 Å². The first-order valence-corrected chi connectivity index (χ1v) is 13.0. The molecule has 6 aromatic carbocycles. The molecule has 0 aliphatic carbocycles. The zero-order chi connectivity index (χ0) is 26.2. The second-order valence-electron chi connectivity index (χ2n) is 9.55. The van der Waals surface area contributed by atoms with Gasteiger partial charge < -0.3 is 9.47 Å². The molecule has 0 radical (unpaired) electrons. The summed E-state index contributed by atoms with van der Waals surface area (Å²) >= 11 is 0. The summed E-state index contributed by atoms with van der Waals surface area (Å²) in [7, 11) is 1.65. The van der Waals surface area contributed by atoms with Gasteiger partial charge in [0.1, 0.15) is 6.33 Å². The van der Waals surface area contributed by atoms with Crippen LogP contribution in [0.1, 0.15) is 0 Å². The highest BCUT2D eigenvalue weighted by molar-refractivity contribution is 6.13. The molecule has 0 atom stereocenters. The molecule has 0 aliphatic heterocycles. The number of para-hydroxylation sites is 2. The van der Waals surface area contributed by atoms with Crippen LogP contribution < -0.4 is 4.74 Å². The minimum Gasteiger partial charge on any atom is -0.465 e. The maximum atomic E-state index is 6.52. The van der Waals surface area contributed by atoms with Crippen LogP contribution in [-0.4, -0.2) is 23.5 Å². The third-order valence-corrected chi connectivity index (χ3v) is 7.28. The molecule has 0 bridgehead atoms. The molecule has 7 aromatic rings. The number of hydrogen-bond donors (Lipinski definition) is 0. The van der Waals surface area contributed by atoms with Crippen LogP contribution in [0.15, 0.2) is 128 Å².